The summed E-state index contributed by atoms with van der Waals surface area (Å²) in [6, 6.07) is 5.27. The van der Waals surface area contributed by atoms with Crippen LogP contribution >= 0.6 is 23.2 Å². The summed E-state index contributed by atoms with van der Waals surface area (Å²) in [4.78, 5) is 0. The Morgan fingerprint density at radius 3 is 2.87 bits per heavy atom. The molecule has 0 spiro atoms. The van der Waals surface area contributed by atoms with Crippen LogP contribution < -0.4 is 0 Å². The van der Waals surface area contributed by atoms with Gasteiger partial charge < -0.3 is 5.11 Å². The van der Waals surface area contributed by atoms with Gasteiger partial charge in [-0.05, 0) is 37.0 Å². The van der Waals surface area contributed by atoms with E-state index < -0.39 is 5.60 Å². The molecule has 0 heterocycles. The Kier molecular flexibility index (Phi) is 2.98. The van der Waals surface area contributed by atoms with Crippen molar-refractivity contribution in [1.82, 2.24) is 0 Å². The van der Waals surface area contributed by atoms with E-state index in [1.807, 2.05) is 0 Å². The van der Waals surface area contributed by atoms with E-state index in [0.29, 0.717) is 16.0 Å². The third kappa shape index (κ3) is 2.01. The maximum absolute atomic E-state index is 10.4. The minimum Gasteiger partial charge on any atom is -0.385 e. The van der Waals surface area contributed by atoms with Crippen LogP contribution in [0, 0.1) is 5.92 Å². The van der Waals surface area contributed by atoms with Gasteiger partial charge in [0.2, 0.25) is 0 Å². The molecule has 2 atom stereocenters. The molecule has 3 heteroatoms. The molecule has 2 rings (SSSR count). The van der Waals surface area contributed by atoms with E-state index in [4.69, 9.17) is 23.2 Å². The van der Waals surface area contributed by atoms with Crippen LogP contribution in [0.4, 0.5) is 0 Å². The Balaban J connectivity index is 2.27. The molecule has 0 aromatic heterocycles. The lowest BCUT2D eigenvalue weighted by Crippen LogP contribution is -2.09. The fourth-order valence-electron chi connectivity index (χ4n) is 2.17. The van der Waals surface area contributed by atoms with Crippen LogP contribution in [0.1, 0.15) is 31.7 Å². The van der Waals surface area contributed by atoms with Crippen molar-refractivity contribution in [1.29, 1.82) is 0 Å². The van der Waals surface area contributed by atoms with Crippen LogP contribution in [0.3, 0.4) is 0 Å². The largest absolute Gasteiger partial charge is 0.385 e. The van der Waals surface area contributed by atoms with Crippen molar-refractivity contribution in [2.75, 3.05) is 0 Å². The van der Waals surface area contributed by atoms with E-state index in [-0.39, 0.29) is 0 Å². The van der Waals surface area contributed by atoms with Gasteiger partial charge in [-0.2, -0.15) is 0 Å². The van der Waals surface area contributed by atoms with E-state index in [1.165, 1.54) is 0 Å². The van der Waals surface area contributed by atoms with Gasteiger partial charge in [-0.25, -0.2) is 0 Å². The second-order valence-corrected chi connectivity index (χ2v) is 5.08. The van der Waals surface area contributed by atoms with Crippen molar-refractivity contribution >= 4 is 23.2 Å². The standard InChI is InChI=1S/C12H14Cl2O/c1-2-3-8-7-12(8,15)10-6-9(13)4-5-11(10)14/h4-6,8,15H,2-3,7H2,1H3. The lowest BCUT2D eigenvalue weighted by atomic mass is 10.0. The van der Waals surface area contributed by atoms with Gasteiger partial charge in [0.25, 0.3) is 0 Å². The number of hydrogen-bond acceptors (Lipinski definition) is 1. The van der Waals surface area contributed by atoms with E-state index in [0.717, 1.165) is 24.8 Å². The number of rotatable bonds is 3. The van der Waals surface area contributed by atoms with Crippen LogP contribution in [0.2, 0.25) is 10.0 Å². The summed E-state index contributed by atoms with van der Waals surface area (Å²) in [5, 5.41) is 11.6. The molecule has 1 N–H and O–H groups in total. The first-order valence-electron chi connectivity index (χ1n) is 5.26. The highest BCUT2D eigenvalue weighted by molar-refractivity contribution is 6.33. The quantitative estimate of drug-likeness (QED) is 0.853. The highest BCUT2D eigenvalue weighted by atomic mass is 35.5. The zero-order valence-electron chi connectivity index (χ0n) is 8.63. The molecular formula is C12H14Cl2O. The lowest BCUT2D eigenvalue weighted by molar-refractivity contribution is 0.129. The topological polar surface area (TPSA) is 20.2 Å². The van der Waals surface area contributed by atoms with Crippen LogP contribution in [0.25, 0.3) is 0 Å². The highest BCUT2D eigenvalue weighted by Gasteiger charge is 2.54. The van der Waals surface area contributed by atoms with E-state index in [1.54, 1.807) is 18.2 Å². The Labute approximate surface area is 100 Å². The zero-order chi connectivity index (χ0) is 11.1. The van der Waals surface area contributed by atoms with Gasteiger partial charge >= 0.3 is 0 Å². The van der Waals surface area contributed by atoms with Crippen molar-refractivity contribution in [2.24, 2.45) is 5.92 Å². The summed E-state index contributed by atoms with van der Waals surface area (Å²) < 4.78 is 0. The predicted molar refractivity (Wildman–Crippen MR) is 63.4 cm³/mol. The van der Waals surface area contributed by atoms with Gasteiger partial charge in [0.1, 0.15) is 0 Å². The minimum absolute atomic E-state index is 0.346. The monoisotopic (exact) mass is 244 g/mol. The molecular weight excluding hydrogens is 231 g/mol. The lowest BCUT2D eigenvalue weighted by Gasteiger charge is -2.13. The molecule has 0 bridgehead atoms. The second kappa shape index (κ2) is 3.97. The molecule has 1 aromatic rings. The van der Waals surface area contributed by atoms with Crippen molar-refractivity contribution in [3.8, 4) is 0 Å². The fraction of sp³-hybridized carbons (Fsp3) is 0.500. The van der Waals surface area contributed by atoms with Crippen molar-refractivity contribution in [3.63, 3.8) is 0 Å². The first-order valence-corrected chi connectivity index (χ1v) is 6.01. The van der Waals surface area contributed by atoms with Crippen molar-refractivity contribution < 1.29 is 5.11 Å². The van der Waals surface area contributed by atoms with Crippen LogP contribution in [-0.4, -0.2) is 5.11 Å². The second-order valence-electron chi connectivity index (χ2n) is 4.24. The normalized spacial score (nSPS) is 29.2. The van der Waals surface area contributed by atoms with Gasteiger partial charge in [-0.15, -0.1) is 0 Å². The Hall–Kier alpha value is -0.240. The number of benzene rings is 1. The minimum atomic E-state index is -0.724. The molecule has 1 fully saturated rings. The average molecular weight is 245 g/mol. The maximum Gasteiger partial charge on any atom is 0.0944 e. The third-order valence-corrected chi connectivity index (χ3v) is 3.67. The summed E-state index contributed by atoms with van der Waals surface area (Å²) in [5.74, 6) is 0.346. The van der Waals surface area contributed by atoms with Crippen molar-refractivity contribution in [2.45, 2.75) is 31.8 Å². The van der Waals surface area contributed by atoms with Crippen LogP contribution in [-0.2, 0) is 5.60 Å². The molecule has 1 nitrogen and oxygen atoms in total. The molecule has 1 saturated carbocycles. The molecule has 1 aromatic carbocycles. The molecule has 82 valence electrons. The first kappa shape index (κ1) is 11.3. The molecule has 2 unspecified atom stereocenters. The predicted octanol–water partition coefficient (Wildman–Crippen LogP) is 4.00. The van der Waals surface area contributed by atoms with Crippen LogP contribution in [0.15, 0.2) is 18.2 Å². The van der Waals surface area contributed by atoms with E-state index in [2.05, 4.69) is 6.92 Å². The molecule has 0 amide bonds. The molecule has 0 aliphatic heterocycles. The highest BCUT2D eigenvalue weighted by Crippen LogP contribution is 2.56. The van der Waals surface area contributed by atoms with Gasteiger partial charge in [0, 0.05) is 15.6 Å². The number of aliphatic hydroxyl groups is 1. The molecule has 1 aliphatic rings. The molecule has 0 saturated heterocycles. The Bertz CT molecular complexity index is 378. The first-order chi connectivity index (χ1) is 7.08. The molecule has 1 aliphatic carbocycles. The fourth-order valence-corrected chi connectivity index (χ4v) is 2.62. The molecule has 0 radical (unpaired) electrons. The van der Waals surface area contributed by atoms with Gasteiger partial charge in [-0.3, -0.25) is 0 Å². The van der Waals surface area contributed by atoms with Gasteiger partial charge in [-0.1, -0.05) is 36.5 Å². The summed E-state index contributed by atoms with van der Waals surface area (Å²) in [5.41, 5.74) is 0.0629. The number of halogens is 2. The van der Waals surface area contributed by atoms with Gasteiger partial charge in [0.05, 0.1) is 5.60 Å². The van der Waals surface area contributed by atoms with Crippen LogP contribution in [0.5, 0.6) is 0 Å². The smallest absolute Gasteiger partial charge is 0.0944 e. The third-order valence-electron chi connectivity index (χ3n) is 3.10. The average Bonchev–Trinajstić information content (AvgIpc) is 2.83. The summed E-state index contributed by atoms with van der Waals surface area (Å²) in [6.45, 7) is 2.12. The Morgan fingerprint density at radius 2 is 2.20 bits per heavy atom. The summed E-state index contributed by atoms with van der Waals surface area (Å²) in [7, 11) is 0. The number of hydrogen-bond donors (Lipinski definition) is 1. The van der Waals surface area contributed by atoms with E-state index in [9.17, 15) is 5.11 Å². The maximum atomic E-state index is 10.4. The van der Waals surface area contributed by atoms with E-state index >= 15 is 0 Å². The van der Waals surface area contributed by atoms with Gasteiger partial charge in [0.15, 0.2) is 0 Å². The Morgan fingerprint density at radius 1 is 1.47 bits per heavy atom. The zero-order valence-corrected chi connectivity index (χ0v) is 10.1. The van der Waals surface area contributed by atoms with Crippen molar-refractivity contribution in [3.05, 3.63) is 33.8 Å². The molecule has 15 heavy (non-hydrogen) atoms. The summed E-state index contributed by atoms with van der Waals surface area (Å²) >= 11 is 12.0. The summed E-state index contributed by atoms with van der Waals surface area (Å²) in [6.07, 6.45) is 2.94. The SMILES string of the molecule is CCCC1CC1(O)c1cc(Cl)ccc1Cl.